The highest BCUT2D eigenvalue weighted by atomic mass is 16.2. The summed E-state index contributed by atoms with van der Waals surface area (Å²) in [6.07, 6.45) is 0. The van der Waals surface area contributed by atoms with Gasteiger partial charge in [0.05, 0.1) is 0 Å². The topological polar surface area (TPSA) is 87.5 Å². The molecule has 142 valence electrons. The Hall–Kier alpha value is -3.80. The van der Waals surface area contributed by atoms with Crippen molar-refractivity contribution >= 4 is 34.6 Å². The van der Waals surface area contributed by atoms with Crippen LogP contribution in [0.1, 0.15) is 20.7 Å². The van der Waals surface area contributed by atoms with E-state index in [0.717, 1.165) is 11.4 Å². The van der Waals surface area contributed by atoms with Gasteiger partial charge in [0.15, 0.2) is 0 Å². The maximum atomic E-state index is 12.7. The van der Waals surface area contributed by atoms with Gasteiger partial charge in [0, 0.05) is 48.0 Å². The van der Waals surface area contributed by atoms with Gasteiger partial charge in [-0.05, 0) is 60.7 Å². The third-order valence-corrected chi connectivity index (χ3v) is 4.36. The first kappa shape index (κ1) is 19.0. The maximum absolute atomic E-state index is 12.7. The number of nitrogens with two attached hydrogens (primary N) is 1. The summed E-state index contributed by atoms with van der Waals surface area (Å²) in [5.41, 5.74) is 9.56. The normalized spacial score (nSPS) is 10.2. The predicted octanol–water partition coefficient (Wildman–Crippen LogP) is 3.84. The number of nitrogens with one attached hydrogen (secondary N) is 2. The zero-order valence-corrected chi connectivity index (χ0v) is 15.8. The van der Waals surface area contributed by atoms with Crippen LogP contribution >= 0.6 is 0 Å². The van der Waals surface area contributed by atoms with Crippen molar-refractivity contribution < 1.29 is 9.59 Å². The molecule has 0 saturated heterocycles. The Labute approximate surface area is 164 Å². The van der Waals surface area contributed by atoms with Crippen molar-refractivity contribution in [3.8, 4) is 0 Å². The van der Waals surface area contributed by atoms with Gasteiger partial charge in [-0.15, -0.1) is 0 Å². The number of anilines is 4. The van der Waals surface area contributed by atoms with E-state index in [1.165, 1.54) is 0 Å². The molecule has 6 heteroatoms. The Balaban J connectivity index is 1.71. The molecule has 0 aromatic heterocycles. The summed E-state index contributed by atoms with van der Waals surface area (Å²) in [6, 6.07) is 21.2. The Morgan fingerprint density at radius 1 is 0.857 bits per heavy atom. The minimum absolute atomic E-state index is 0.117. The van der Waals surface area contributed by atoms with E-state index >= 15 is 0 Å². The molecule has 0 saturated carbocycles. The molecule has 0 heterocycles. The highest BCUT2D eigenvalue weighted by Crippen LogP contribution is 2.20. The van der Waals surface area contributed by atoms with Crippen molar-refractivity contribution in [3.63, 3.8) is 0 Å². The van der Waals surface area contributed by atoms with Gasteiger partial charge in [-0.1, -0.05) is 12.1 Å². The molecule has 28 heavy (non-hydrogen) atoms. The Bertz CT molecular complexity index is 999. The number of hydrogen-bond donors (Lipinski definition) is 3. The molecule has 0 aliphatic carbocycles. The van der Waals surface area contributed by atoms with Crippen LogP contribution in [0, 0.1) is 0 Å². The Kier molecular flexibility index (Phi) is 5.60. The lowest BCUT2D eigenvalue weighted by Crippen LogP contribution is -2.26. The van der Waals surface area contributed by atoms with Gasteiger partial charge in [-0.3, -0.25) is 9.59 Å². The smallest absolute Gasteiger partial charge is 0.258 e. The molecular formula is C22H22N4O2. The summed E-state index contributed by atoms with van der Waals surface area (Å²) in [6.45, 7) is 0. The fraction of sp³-hybridized carbons (Fsp3) is 0.0909. The molecule has 3 aromatic rings. The van der Waals surface area contributed by atoms with Gasteiger partial charge in [0.1, 0.15) is 0 Å². The molecule has 0 bridgehead atoms. The Morgan fingerprint density at radius 2 is 1.54 bits per heavy atom. The van der Waals surface area contributed by atoms with Crippen molar-refractivity contribution in [2.45, 2.75) is 0 Å². The molecule has 0 aliphatic rings. The van der Waals surface area contributed by atoms with E-state index < -0.39 is 0 Å². The second-order valence-electron chi connectivity index (χ2n) is 6.32. The number of hydrogen-bond acceptors (Lipinski definition) is 4. The average molecular weight is 374 g/mol. The van der Waals surface area contributed by atoms with Crippen molar-refractivity contribution in [1.29, 1.82) is 0 Å². The molecule has 0 aliphatic heterocycles. The first-order valence-corrected chi connectivity index (χ1v) is 8.81. The summed E-state index contributed by atoms with van der Waals surface area (Å²) >= 11 is 0. The van der Waals surface area contributed by atoms with Gasteiger partial charge in [0.25, 0.3) is 11.8 Å². The van der Waals surface area contributed by atoms with Gasteiger partial charge in [-0.2, -0.15) is 0 Å². The molecule has 0 fully saturated rings. The molecule has 0 atom stereocenters. The fourth-order valence-electron chi connectivity index (χ4n) is 2.77. The van der Waals surface area contributed by atoms with E-state index in [-0.39, 0.29) is 11.8 Å². The van der Waals surface area contributed by atoms with Gasteiger partial charge < -0.3 is 21.3 Å². The number of amides is 2. The maximum Gasteiger partial charge on any atom is 0.258 e. The van der Waals surface area contributed by atoms with Gasteiger partial charge >= 0.3 is 0 Å². The lowest BCUT2D eigenvalue weighted by atomic mass is 10.1. The largest absolute Gasteiger partial charge is 0.399 e. The second kappa shape index (κ2) is 8.26. The molecule has 0 unspecified atom stereocenters. The summed E-state index contributed by atoms with van der Waals surface area (Å²) in [5.74, 6) is -0.359. The van der Waals surface area contributed by atoms with Crippen LogP contribution in [0.3, 0.4) is 0 Å². The summed E-state index contributed by atoms with van der Waals surface area (Å²) in [4.78, 5) is 26.6. The SMILES string of the molecule is CNc1cccc(C(=O)N(C)c2ccc(NC(=O)c3cccc(N)c3)cc2)c1. The highest BCUT2D eigenvalue weighted by Gasteiger charge is 2.14. The predicted molar refractivity (Wildman–Crippen MR) is 114 cm³/mol. The third kappa shape index (κ3) is 4.29. The van der Waals surface area contributed by atoms with Crippen molar-refractivity contribution in [2.24, 2.45) is 0 Å². The highest BCUT2D eigenvalue weighted by molar-refractivity contribution is 6.07. The zero-order chi connectivity index (χ0) is 20.1. The minimum Gasteiger partial charge on any atom is -0.399 e. The second-order valence-corrected chi connectivity index (χ2v) is 6.32. The zero-order valence-electron chi connectivity index (χ0n) is 15.8. The van der Waals surface area contributed by atoms with Crippen LogP contribution in [-0.2, 0) is 0 Å². The lowest BCUT2D eigenvalue weighted by molar-refractivity contribution is 0.0991. The first-order valence-electron chi connectivity index (χ1n) is 8.81. The molecule has 4 N–H and O–H groups in total. The van der Waals surface area contributed by atoms with E-state index in [0.29, 0.717) is 22.5 Å². The van der Waals surface area contributed by atoms with E-state index in [4.69, 9.17) is 5.73 Å². The minimum atomic E-state index is -0.242. The van der Waals surface area contributed by atoms with Crippen LogP contribution in [0.15, 0.2) is 72.8 Å². The first-order chi connectivity index (χ1) is 13.5. The molecule has 0 radical (unpaired) electrons. The molecule has 0 spiro atoms. The van der Waals surface area contributed by atoms with E-state index in [1.54, 1.807) is 72.6 Å². The van der Waals surface area contributed by atoms with Crippen LogP contribution in [0.25, 0.3) is 0 Å². The van der Waals surface area contributed by atoms with E-state index in [9.17, 15) is 9.59 Å². The number of nitrogens with zero attached hydrogens (tertiary/aromatic N) is 1. The van der Waals surface area contributed by atoms with Gasteiger partial charge in [0.2, 0.25) is 0 Å². The number of benzene rings is 3. The molecule has 3 aromatic carbocycles. The van der Waals surface area contributed by atoms with Crippen molar-refractivity contribution in [1.82, 2.24) is 0 Å². The summed E-state index contributed by atoms with van der Waals surface area (Å²) in [7, 11) is 3.53. The fourth-order valence-corrected chi connectivity index (χ4v) is 2.77. The lowest BCUT2D eigenvalue weighted by Gasteiger charge is -2.18. The van der Waals surface area contributed by atoms with Crippen LogP contribution < -0.4 is 21.3 Å². The number of carbonyl (C=O) groups excluding carboxylic acids is 2. The van der Waals surface area contributed by atoms with Crippen LogP contribution in [-0.4, -0.2) is 25.9 Å². The molecule has 2 amide bonds. The molecule has 3 rings (SSSR count). The third-order valence-electron chi connectivity index (χ3n) is 4.36. The quantitative estimate of drug-likeness (QED) is 0.592. The van der Waals surface area contributed by atoms with Crippen molar-refractivity contribution in [2.75, 3.05) is 35.4 Å². The monoisotopic (exact) mass is 374 g/mol. The Morgan fingerprint density at radius 3 is 2.21 bits per heavy atom. The van der Waals surface area contributed by atoms with Gasteiger partial charge in [-0.25, -0.2) is 0 Å². The standard InChI is InChI=1S/C22H22N4O2/c1-24-19-8-4-6-16(14-19)22(28)26(2)20-11-9-18(10-12-20)25-21(27)15-5-3-7-17(23)13-15/h3-14,24H,23H2,1-2H3,(H,25,27). The van der Waals surface area contributed by atoms with Crippen LogP contribution in [0.4, 0.5) is 22.7 Å². The average Bonchev–Trinajstić information content (AvgIpc) is 2.73. The van der Waals surface area contributed by atoms with Crippen LogP contribution in [0.5, 0.6) is 0 Å². The molecule has 6 nitrogen and oxygen atoms in total. The number of rotatable bonds is 5. The van der Waals surface area contributed by atoms with E-state index in [2.05, 4.69) is 10.6 Å². The number of carbonyl (C=O) groups is 2. The molecular weight excluding hydrogens is 352 g/mol. The van der Waals surface area contributed by atoms with E-state index in [1.807, 2.05) is 19.2 Å². The number of nitrogen functional groups attached to an aromatic ring is 1. The summed E-state index contributed by atoms with van der Waals surface area (Å²) < 4.78 is 0. The van der Waals surface area contributed by atoms with Crippen molar-refractivity contribution in [3.05, 3.63) is 83.9 Å². The van der Waals surface area contributed by atoms with Crippen LogP contribution in [0.2, 0.25) is 0 Å². The summed E-state index contributed by atoms with van der Waals surface area (Å²) in [5, 5.41) is 5.85.